The number of benzene rings is 2. The molecular formula is C18H11NO5S2. The maximum Gasteiger partial charge on any atom is 0.336 e. The second-order valence-electron chi connectivity index (χ2n) is 5.26. The van der Waals surface area contributed by atoms with Gasteiger partial charge in [-0.3, -0.25) is 9.69 Å². The van der Waals surface area contributed by atoms with Crippen LogP contribution in [-0.4, -0.2) is 32.4 Å². The molecule has 6 nitrogen and oxygen atoms in total. The zero-order valence-corrected chi connectivity index (χ0v) is 14.7. The first-order valence-electron chi connectivity index (χ1n) is 7.32. The third-order valence-electron chi connectivity index (χ3n) is 3.64. The molecule has 3 rings (SSSR count). The Hall–Kier alpha value is -2.97. The van der Waals surface area contributed by atoms with Crippen molar-refractivity contribution in [1.29, 1.82) is 0 Å². The Balaban J connectivity index is 1.94. The summed E-state index contributed by atoms with van der Waals surface area (Å²) in [7, 11) is 0. The molecule has 1 fully saturated rings. The van der Waals surface area contributed by atoms with E-state index in [9.17, 15) is 19.5 Å². The van der Waals surface area contributed by atoms with Crippen LogP contribution in [0.3, 0.4) is 0 Å². The van der Waals surface area contributed by atoms with Gasteiger partial charge >= 0.3 is 11.9 Å². The predicted octanol–water partition coefficient (Wildman–Crippen LogP) is 3.49. The van der Waals surface area contributed by atoms with Crippen LogP contribution in [-0.2, 0) is 4.79 Å². The predicted molar refractivity (Wildman–Crippen MR) is 102 cm³/mol. The molecule has 2 N–H and O–H groups in total. The van der Waals surface area contributed by atoms with Gasteiger partial charge in [-0.1, -0.05) is 42.2 Å². The van der Waals surface area contributed by atoms with Crippen molar-refractivity contribution >= 4 is 57.9 Å². The highest BCUT2D eigenvalue weighted by Crippen LogP contribution is 2.36. The summed E-state index contributed by atoms with van der Waals surface area (Å²) in [6.45, 7) is 0. The summed E-state index contributed by atoms with van der Waals surface area (Å²) in [6, 6.07) is 12.1. The number of thioether (sulfide) groups is 1. The zero-order valence-electron chi connectivity index (χ0n) is 13.1. The van der Waals surface area contributed by atoms with Crippen LogP contribution in [0.2, 0.25) is 0 Å². The van der Waals surface area contributed by atoms with Crippen LogP contribution >= 0.6 is 24.0 Å². The molecule has 2 aromatic carbocycles. The molecule has 1 saturated heterocycles. The number of carboxylic acids is 2. The fraction of sp³-hybridized carbons (Fsp3) is 0. The average Bonchev–Trinajstić information content (AvgIpc) is 2.89. The summed E-state index contributed by atoms with van der Waals surface area (Å²) in [5.41, 5.74) is 1.04. The van der Waals surface area contributed by atoms with E-state index in [0.29, 0.717) is 16.2 Å². The Bertz CT molecular complexity index is 966. The number of carbonyl (C=O) groups is 3. The highest BCUT2D eigenvalue weighted by molar-refractivity contribution is 8.27. The minimum absolute atomic E-state index is 0.0866. The van der Waals surface area contributed by atoms with Crippen molar-refractivity contribution in [2.75, 3.05) is 4.90 Å². The Kier molecular flexibility index (Phi) is 4.88. The molecule has 0 atom stereocenters. The minimum Gasteiger partial charge on any atom is -0.478 e. The first kappa shape index (κ1) is 17.8. The summed E-state index contributed by atoms with van der Waals surface area (Å²) in [5.74, 6) is -2.54. The van der Waals surface area contributed by atoms with E-state index in [1.54, 1.807) is 18.2 Å². The van der Waals surface area contributed by atoms with Crippen LogP contribution in [0.4, 0.5) is 5.69 Å². The van der Waals surface area contributed by atoms with Gasteiger partial charge in [0.05, 0.1) is 21.7 Å². The van der Waals surface area contributed by atoms with E-state index in [2.05, 4.69) is 0 Å². The van der Waals surface area contributed by atoms with E-state index in [-0.39, 0.29) is 21.4 Å². The molecule has 0 bridgehead atoms. The third kappa shape index (κ3) is 3.37. The van der Waals surface area contributed by atoms with Crippen molar-refractivity contribution in [2.24, 2.45) is 0 Å². The van der Waals surface area contributed by atoms with E-state index in [1.165, 1.54) is 41.3 Å². The van der Waals surface area contributed by atoms with Gasteiger partial charge < -0.3 is 10.2 Å². The van der Waals surface area contributed by atoms with Crippen LogP contribution in [0.15, 0.2) is 53.4 Å². The van der Waals surface area contributed by atoms with Crippen molar-refractivity contribution in [3.63, 3.8) is 0 Å². The Morgan fingerprint density at radius 1 is 1.00 bits per heavy atom. The van der Waals surface area contributed by atoms with Gasteiger partial charge in [-0.25, -0.2) is 9.59 Å². The smallest absolute Gasteiger partial charge is 0.336 e. The average molecular weight is 385 g/mol. The number of carboxylic acid groups (broad SMARTS) is 2. The van der Waals surface area contributed by atoms with E-state index in [1.807, 2.05) is 0 Å². The number of hydrogen-bond donors (Lipinski definition) is 2. The molecular weight excluding hydrogens is 374 g/mol. The first-order chi connectivity index (χ1) is 12.4. The van der Waals surface area contributed by atoms with Crippen LogP contribution in [0.25, 0.3) is 6.08 Å². The molecule has 0 aliphatic carbocycles. The van der Waals surface area contributed by atoms with Crippen molar-refractivity contribution in [3.8, 4) is 0 Å². The highest BCUT2D eigenvalue weighted by Gasteiger charge is 2.33. The van der Waals surface area contributed by atoms with E-state index in [4.69, 9.17) is 17.3 Å². The van der Waals surface area contributed by atoms with Crippen LogP contribution in [0.1, 0.15) is 26.3 Å². The Labute approximate surface area is 157 Å². The fourth-order valence-corrected chi connectivity index (χ4v) is 3.69. The quantitative estimate of drug-likeness (QED) is 0.614. The summed E-state index contributed by atoms with van der Waals surface area (Å²) in [6.07, 6.45) is 1.49. The van der Waals surface area contributed by atoms with Gasteiger partial charge in [-0.2, -0.15) is 0 Å². The monoisotopic (exact) mass is 385 g/mol. The molecule has 1 aliphatic rings. The fourth-order valence-electron chi connectivity index (χ4n) is 2.40. The summed E-state index contributed by atoms with van der Waals surface area (Å²) >= 11 is 6.32. The number of anilines is 1. The van der Waals surface area contributed by atoms with E-state index >= 15 is 0 Å². The maximum atomic E-state index is 12.7. The molecule has 0 spiro atoms. The molecule has 26 heavy (non-hydrogen) atoms. The maximum absolute atomic E-state index is 12.7. The van der Waals surface area contributed by atoms with Gasteiger partial charge in [0.2, 0.25) is 0 Å². The van der Waals surface area contributed by atoms with Crippen LogP contribution in [0.5, 0.6) is 0 Å². The number of amides is 1. The van der Waals surface area contributed by atoms with E-state index < -0.39 is 11.9 Å². The normalized spacial score (nSPS) is 15.5. The lowest BCUT2D eigenvalue weighted by molar-refractivity contribution is -0.113. The molecule has 1 heterocycles. The summed E-state index contributed by atoms with van der Waals surface area (Å²) < 4.78 is 0.289. The standard InChI is InChI=1S/C18H11NO5S2/c20-15-14(9-11-3-1-2-4-13(11)17(23)24)26-18(25)19(15)12-7-5-10(6-8-12)16(21)22/h1-9H,(H,21,22)(H,23,24)/b14-9-. The van der Waals surface area contributed by atoms with Gasteiger partial charge in [0.25, 0.3) is 5.91 Å². The largest absolute Gasteiger partial charge is 0.478 e. The van der Waals surface area contributed by atoms with Crippen molar-refractivity contribution in [2.45, 2.75) is 0 Å². The molecule has 1 aliphatic heterocycles. The summed E-state index contributed by atoms with van der Waals surface area (Å²) in [4.78, 5) is 36.5. The second kappa shape index (κ2) is 7.11. The minimum atomic E-state index is -1.09. The lowest BCUT2D eigenvalue weighted by Crippen LogP contribution is -2.27. The van der Waals surface area contributed by atoms with Gasteiger partial charge in [0, 0.05) is 0 Å². The van der Waals surface area contributed by atoms with Gasteiger partial charge in [-0.05, 0) is 42.0 Å². The summed E-state index contributed by atoms with van der Waals surface area (Å²) in [5, 5.41) is 18.2. The SMILES string of the molecule is O=C(O)c1ccc(N2C(=O)/C(=C/c3ccccc3C(=O)O)SC2=S)cc1. The molecule has 0 radical (unpaired) electrons. The molecule has 2 aromatic rings. The zero-order chi connectivity index (χ0) is 18.8. The molecule has 0 aromatic heterocycles. The van der Waals surface area contributed by atoms with Crippen molar-refractivity contribution < 1.29 is 24.6 Å². The van der Waals surface area contributed by atoms with Gasteiger partial charge in [0.1, 0.15) is 0 Å². The lowest BCUT2D eigenvalue weighted by Gasteiger charge is -2.14. The van der Waals surface area contributed by atoms with Gasteiger partial charge in [-0.15, -0.1) is 0 Å². The Morgan fingerprint density at radius 3 is 2.27 bits per heavy atom. The van der Waals surface area contributed by atoms with Crippen molar-refractivity contribution in [1.82, 2.24) is 0 Å². The second-order valence-corrected chi connectivity index (χ2v) is 6.94. The first-order valence-corrected chi connectivity index (χ1v) is 8.54. The van der Waals surface area contributed by atoms with Crippen LogP contribution in [0, 0.1) is 0 Å². The van der Waals surface area contributed by atoms with E-state index in [0.717, 1.165) is 11.8 Å². The molecule has 0 saturated carbocycles. The van der Waals surface area contributed by atoms with Crippen LogP contribution < -0.4 is 4.90 Å². The number of aromatic carboxylic acids is 2. The topological polar surface area (TPSA) is 94.9 Å². The molecule has 8 heteroatoms. The third-order valence-corrected chi connectivity index (χ3v) is 4.95. The number of carbonyl (C=O) groups excluding carboxylic acids is 1. The molecule has 1 amide bonds. The lowest BCUT2D eigenvalue weighted by atomic mass is 10.1. The highest BCUT2D eigenvalue weighted by atomic mass is 32.2. The number of thiocarbonyl (C=S) groups is 1. The number of nitrogens with zero attached hydrogens (tertiary/aromatic N) is 1. The van der Waals surface area contributed by atoms with Gasteiger partial charge in [0.15, 0.2) is 4.32 Å². The number of rotatable bonds is 4. The Morgan fingerprint density at radius 2 is 1.65 bits per heavy atom. The molecule has 130 valence electrons. The number of hydrogen-bond acceptors (Lipinski definition) is 5. The van der Waals surface area contributed by atoms with Crippen molar-refractivity contribution in [3.05, 3.63) is 70.1 Å². The molecule has 0 unspecified atom stereocenters.